The standard InChI is InChI=1S/C29H29N3O7/c1-32(2)23-18-12-15-11-17-14(6-3-13-4-8-16(30)9-5-13)7-10-19(33)21(17)24(34)20(15)26(36)29(18,39)27(37)22(25(23)35)28(31)38/h3-10,15,18,23,33-34,37,39H,11-12,30H2,1-2H3,(H2,31,38)/t15-,18-,23-,29-/m0/s1. The van der Waals surface area contributed by atoms with Crippen LogP contribution in [-0.2, 0) is 20.8 Å². The van der Waals surface area contributed by atoms with Gasteiger partial charge in [0.2, 0.25) is 5.78 Å². The number of aromatic hydroxyl groups is 1. The van der Waals surface area contributed by atoms with E-state index in [9.17, 15) is 34.8 Å². The van der Waals surface area contributed by atoms with E-state index in [2.05, 4.69) is 0 Å². The minimum Gasteiger partial charge on any atom is -0.508 e. The first kappa shape index (κ1) is 26.2. The van der Waals surface area contributed by atoms with Gasteiger partial charge < -0.3 is 31.9 Å². The molecule has 3 aliphatic carbocycles. The van der Waals surface area contributed by atoms with Gasteiger partial charge in [0.15, 0.2) is 11.4 Å². The Labute approximate surface area is 224 Å². The van der Waals surface area contributed by atoms with E-state index in [1.165, 1.54) is 11.0 Å². The van der Waals surface area contributed by atoms with Gasteiger partial charge in [0, 0.05) is 17.2 Å². The number of carbonyl (C=O) groups excluding carboxylic acids is 3. The highest BCUT2D eigenvalue weighted by Crippen LogP contribution is 2.53. The number of nitrogens with two attached hydrogens (primary N) is 2. The van der Waals surface area contributed by atoms with Crippen LogP contribution in [0.5, 0.6) is 5.75 Å². The molecular weight excluding hydrogens is 502 g/mol. The molecule has 10 heteroatoms. The highest BCUT2D eigenvalue weighted by Gasteiger charge is 2.64. The first-order valence-corrected chi connectivity index (χ1v) is 12.4. The zero-order valence-electron chi connectivity index (χ0n) is 21.4. The molecule has 1 fully saturated rings. The van der Waals surface area contributed by atoms with Gasteiger partial charge in [-0.15, -0.1) is 0 Å². The zero-order valence-corrected chi connectivity index (χ0v) is 21.4. The number of benzene rings is 2. The Morgan fingerprint density at radius 2 is 1.72 bits per heavy atom. The number of phenolic OH excluding ortho intramolecular Hbond substituents is 1. The number of nitrogens with zero attached hydrogens (tertiary/aromatic N) is 1. The van der Waals surface area contributed by atoms with Crippen LogP contribution in [0.3, 0.4) is 0 Å². The largest absolute Gasteiger partial charge is 0.508 e. The van der Waals surface area contributed by atoms with Gasteiger partial charge in [0.25, 0.3) is 5.91 Å². The van der Waals surface area contributed by atoms with Crippen molar-refractivity contribution in [3.63, 3.8) is 0 Å². The predicted octanol–water partition coefficient (Wildman–Crippen LogP) is 1.72. The van der Waals surface area contributed by atoms with Crippen LogP contribution in [0.1, 0.15) is 28.7 Å². The third-order valence-electron chi connectivity index (χ3n) is 8.03. The number of Topliss-reactive ketones (excluding diaryl/α,β-unsaturated/α-hetero) is 2. The normalized spacial score (nSPS) is 26.6. The molecule has 2 aromatic rings. The lowest BCUT2D eigenvalue weighted by atomic mass is 9.57. The molecule has 2 aromatic carbocycles. The molecule has 8 N–H and O–H groups in total. The average Bonchev–Trinajstić information content (AvgIpc) is 2.86. The average molecular weight is 532 g/mol. The van der Waals surface area contributed by atoms with Crippen molar-refractivity contribution in [2.75, 3.05) is 19.8 Å². The Morgan fingerprint density at radius 3 is 2.33 bits per heavy atom. The summed E-state index contributed by atoms with van der Waals surface area (Å²) in [5.41, 5.74) is 10.3. The highest BCUT2D eigenvalue weighted by molar-refractivity contribution is 6.24. The highest BCUT2D eigenvalue weighted by atomic mass is 16.3. The van der Waals surface area contributed by atoms with Crippen molar-refractivity contribution in [1.29, 1.82) is 0 Å². The van der Waals surface area contributed by atoms with Crippen molar-refractivity contribution in [1.82, 2.24) is 4.90 Å². The van der Waals surface area contributed by atoms with Crippen molar-refractivity contribution in [2.45, 2.75) is 24.5 Å². The van der Waals surface area contributed by atoms with Crippen molar-refractivity contribution < 1.29 is 34.8 Å². The van der Waals surface area contributed by atoms with E-state index >= 15 is 0 Å². The number of phenols is 1. The Bertz CT molecular complexity index is 1520. The molecule has 3 aliphatic rings. The number of hydrogen-bond donors (Lipinski definition) is 6. The van der Waals surface area contributed by atoms with E-state index in [4.69, 9.17) is 11.5 Å². The zero-order chi connectivity index (χ0) is 28.4. The van der Waals surface area contributed by atoms with Gasteiger partial charge in [-0.3, -0.25) is 19.3 Å². The quantitative estimate of drug-likeness (QED) is 0.194. The van der Waals surface area contributed by atoms with E-state index in [1.54, 1.807) is 32.3 Å². The number of rotatable bonds is 4. The fourth-order valence-corrected chi connectivity index (χ4v) is 6.22. The number of likely N-dealkylation sites (N-methyl/N-ethyl adjacent to an activating group) is 1. The second kappa shape index (κ2) is 9.11. The molecule has 10 nitrogen and oxygen atoms in total. The van der Waals surface area contributed by atoms with Gasteiger partial charge in [-0.25, -0.2) is 0 Å². The van der Waals surface area contributed by atoms with Crippen LogP contribution in [-0.4, -0.2) is 68.5 Å². The minimum atomic E-state index is -2.66. The first-order chi connectivity index (χ1) is 18.4. The monoisotopic (exact) mass is 531 g/mol. The van der Waals surface area contributed by atoms with E-state index in [1.807, 2.05) is 24.3 Å². The lowest BCUT2D eigenvalue weighted by Crippen LogP contribution is -2.65. The van der Waals surface area contributed by atoms with Crippen molar-refractivity contribution in [3.8, 4) is 5.75 Å². The number of ketones is 2. The summed E-state index contributed by atoms with van der Waals surface area (Å²) in [6.45, 7) is 0. The van der Waals surface area contributed by atoms with Crippen LogP contribution >= 0.6 is 0 Å². The Kier molecular flexibility index (Phi) is 6.12. The number of anilines is 1. The third kappa shape index (κ3) is 3.83. The summed E-state index contributed by atoms with van der Waals surface area (Å²) in [6.07, 6.45) is 3.92. The van der Waals surface area contributed by atoms with Gasteiger partial charge in [0.1, 0.15) is 22.8 Å². The first-order valence-electron chi connectivity index (χ1n) is 12.4. The van der Waals surface area contributed by atoms with Gasteiger partial charge in [-0.2, -0.15) is 0 Å². The molecule has 202 valence electrons. The van der Waals surface area contributed by atoms with Gasteiger partial charge >= 0.3 is 0 Å². The lowest BCUT2D eigenvalue weighted by Gasteiger charge is -2.50. The summed E-state index contributed by atoms with van der Waals surface area (Å²) in [7, 11) is 3.12. The van der Waals surface area contributed by atoms with Gasteiger partial charge in [-0.1, -0.05) is 30.4 Å². The molecule has 0 saturated heterocycles. The number of aliphatic hydroxyl groups is 3. The number of fused-ring (bicyclic) bond motifs is 3. The van der Waals surface area contributed by atoms with Gasteiger partial charge in [0.05, 0.1) is 11.6 Å². The summed E-state index contributed by atoms with van der Waals surface area (Å²) < 4.78 is 0. The third-order valence-corrected chi connectivity index (χ3v) is 8.03. The van der Waals surface area contributed by atoms with Crippen LogP contribution in [0, 0.1) is 11.8 Å². The van der Waals surface area contributed by atoms with Crippen molar-refractivity contribution in [2.24, 2.45) is 17.6 Å². The second-order valence-electron chi connectivity index (χ2n) is 10.5. The summed E-state index contributed by atoms with van der Waals surface area (Å²) in [5.74, 6) is -6.75. The molecule has 0 unspecified atom stereocenters. The summed E-state index contributed by atoms with van der Waals surface area (Å²) >= 11 is 0. The van der Waals surface area contributed by atoms with E-state index in [0.29, 0.717) is 16.8 Å². The molecule has 0 bridgehead atoms. The molecular formula is C29H29N3O7. The molecule has 1 amide bonds. The number of carbonyl (C=O) groups is 3. The number of hydrogen-bond acceptors (Lipinski definition) is 9. The van der Waals surface area contributed by atoms with Crippen molar-refractivity contribution in [3.05, 3.63) is 75.6 Å². The fraction of sp³-hybridized carbons (Fsp3) is 0.276. The number of amides is 1. The smallest absolute Gasteiger partial charge is 0.255 e. The van der Waals surface area contributed by atoms with Crippen LogP contribution in [0.2, 0.25) is 0 Å². The summed E-state index contributed by atoms with van der Waals surface area (Å²) in [6, 6.07) is 9.18. The maximum atomic E-state index is 13.9. The van der Waals surface area contributed by atoms with Crippen LogP contribution in [0.25, 0.3) is 17.9 Å². The molecule has 0 spiro atoms. The fourth-order valence-electron chi connectivity index (χ4n) is 6.22. The van der Waals surface area contributed by atoms with E-state index in [0.717, 1.165) is 5.56 Å². The van der Waals surface area contributed by atoms with Crippen LogP contribution < -0.4 is 11.5 Å². The molecule has 0 radical (unpaired) electrons. The number of aliphatic hydroxyl groups excluding tert-OH is 2. The molecule has 1 saturated carbocycles. The van der Waals surface area contributed by atoms with E-state index in [-0.39, 0.29) is 29.7 Å². The summed E-state index contributed by atoms with van der Waals surface area (Å²) in [4.78, 5) is 40.6. The molecule has 0 heterocycles. The van der Waals surface area contributed by atoms with Crippen LogP contribution in [0.4, 0.5) is 5.69 Å². The predicted molar refractivity (Wildman–Crippen MR) is 144 cm³/mol. The lowest BCUT2D eigenvalue weighted by molar-refractivity contribution is -0.153. The molecule has 39 heavy (non-hydrogen) atoms. The van der Waals surface area contributed by atoms with Crippen LogP contribution in [0.15, 0.2) is 53.3 Å². The SMILES string of the molecule is CN(C)[C@@H]1C(=O)C(C(N)=O)=C(O)[C@@]2(O)C(=O)C3=C(O)c4c(O)ccc(C=Cc5ccc(N)cc5)c4C[C@H]3C[C@@H]12. The second-order valence-corrected chi connectivity index (χ2v) is 10.5. The maximum absolute atomic E-state index is 13.9. The molecule has 0 aromatic heterocycles. The molecule has 0 aliphatic heterocycles. The number of nitrogen functional groups attached to an aromatic ring is 1. The number of primary amides is 1. The Morgan fingerprint density at radius 1 is 1.05 bits per heavy atom. The van der Waals surface area contributed by atoms with Gasteiger partial charge in [-0.05, 0) is 67.7 Å². The topological polar surface area (TPSA) is 187 Å². The Hall–Kier alpha value is -4.41. The molecule has 4 atom stereocenters. The minimum absolute atomic E-state index is 0.0303. The molecule has 5 rings (SSSR count). The van der Waals surface area contributed by atoms with E-state index < -0.39 is 58.0 Å². The maximum Gasteiger partial charge on any atom is 0.255 e. The Balaban J connectivity index is 1.66. The van der Waals surface area contributed by atoms with Crippen molar-refractivity contribution >= 4 is 41.1 Å². The summed E-state index contributed by atoms with van der Waals surface area (Å²) in [5, 5.41) is 44.6.